The first-order valence-electron chi connectivity index (χ1n) is 7.57. The van der Waals surface area contributed by atoms with Crippen molar-refractivity contribution in [1.82, 2.24) is 5.32 Å². The number of amidine groups is 1. The third-order valence-corrected chi connectivity index (χ3v) is 5.93. The maximum Gasteiger partial charge on any atom is 0.157 e. The third-order valence-electron chi connectivity index (χ3n) is 4.64. The lowest BCUT2D eigenvalue weighted by Crippen LogP contribution is -2.39. The summed E-state index contributed by atoms with van der Waals surface area (Å²) in [7, 11) is 0. The first kappa shape index (κ1) is 14.2. The van der Waals surface area contributed by atoms with E-state index in [-0.39, 0.29) is 5.54 Å². The predicted molar refractivity (Wildman–Crippen MR) is 82.3 cm³/mol. The quantitative estimate of drug-likeness (QED) is 0.831. The minimum Gasteiger partial charge on any atom is -0.359 e. The van der Waals surface area contributed by atoms with Crippen LogP contribution in [0.4, 0.5) is 0 Å². The molecule has 1 saturated carbocycles. The van der Waals surface area contributed by atoms with Crippen LogP contribution >= 0.6 is 11.8 Å². The van der Waals surface area contributed by atoms with Crippen molar-refractivity contribution in [3.8, 4) is 0 Å². The van der Waals surface area contributed by atoms with Gasteiger partial charge < -0.3 is 5.32 Å². The Balaban J connectivity index is 1.69. The average Bonchev–Trinajstić information content (AvgIpc) is 2.75. The Labute approximate surface area is 116 Å². The van der Waals surface area contributed by atoms with Gasteiger partial charge in [0.05, 0.1) is 0 Å². The molecule has 1 heterocycles. The predicted octanol–water partition coefficient (Wildman–Crippen LogP) is 4.06. The van der Waals surface area contributed by atoms with Gasteiger partial charge in [0, 0.05) is 17.8 Å². The van der Waals surface area contributed by atoms with E-state index in [1.807, 2.05) is 11.8 Å². The van der Waals surface area contributed by atoms with E-state index in [0.29, 0.717) is 0 Å². The smallest absolute Gasteiger partial charge is 0.157 e. The summed E-state index contributed by atoms with van der Waals surface area (Å²) in [6, 6.07) is 0. The van der Waals surface area contributed by atoms with E-state index >= 15 is 0 Å². The minimum absolute atomic E-state index is 0.282. The summed E-state index contributed by atoms with van der Waals surface area (Å²) in [5.74, 6) is 3.07. The molecule has 0 aromatic rings. The molecule has 1 aliphatic carbocycles. The van der Waals surface area contributed by atoms with Crippen molar-refractivity contribution in [2.75, 3.05) is 12.3 Å². The topological polar surface area (TPSA) is 24.4 Å². The molecule has 1 saturated heterocycles. The van der Waals surface area contributed by atoms with Crippen molar-refractivity contribution in [2.45, 2.75) is 64.8 Å². The normalized spacial score (nSPS) is 38.9. The molecule has 0 bridgehead atoms. The molecule has 0 aromatic carbocycles. The van der Waals surface area contributed by atoms with Gasteiger partial charge in [0.15, 0.2) is 5.17 Å². The van der Waals surface area contributed by atoms with Gasteiger partial charge in [0.1, 0.15) is 0 Å². The fourth-order valence-electron chi connectivity index (χ4n) is 2.80. The molecule has 1 N–H and O–H groups in total. The second-order valence-electron chi connectivity index (χ2n) is 6.43. The molecule has 0 amide bonds. The Kier molecular flexibility index (Phi) is 4.99. The molecule has 0 aromatic heterocycles. The average molecular weight is 268 g/mol. The van der Waals surface area contributed by atoms with Gasteiger partial charge in [0.25, 0.3) is 0 Å². The second kappa shape index (κ2) is 6.31. The van der Waals surface area contributed by atoms with Crippen LogP contribution in [0.5, 0.6) is 0 Å². The van der Waals surface area contributed by atoms with E-state index in [2.05, 4.69) is 26.1 Å². The first-order valence-corrected chi connectivity index (χ1v) is 8.55. The van der Waals surface area contributed by atoms with Gasteiger partial charge in [-0.05, 0) is 31.6 Å². The number of nitrogens with one attached hydrogen (secondary N) is 1. The van der Waals surface area contributed by atoms with Gasteiger partial charge in [0.2, 0.25) is 0 Å². The van der Waals surface area contributed by atoms with Crippen LogP contribution in [0, 0.1) is 11.8 Å². The number of rotatable bonds is 4. The van der Waals surface area contributed by atoms with E-state index in [4.69, 9.17) is 4.99 Å². The van der Waals surface area contributed by atoms with Gasteiger partial charge in [-0.3, -0.25) is 4.99 Å². The number of aliphatic imine (C=N–C) groups is 1. The Morgan fingerprint density at radius 3 is 2.67 bits per heavy atom. The minimum atomic E-state index is 0.282. The standard InChI is InChI=1S/C15H28N2S/c1-4-15(3)11-18-14(17-15)16-10-9-13-7-5-12(2)6-8-13/h12-13H,4-11H2,1-3H3,(H,16,17). The molecule has 0 radical (unpaired) electrons. The van der Waals surface area contributed by atoms with Crippen LogP contribution < -0.4 is 5.32 Å². The molecule has 3 heteroatoms. The fourth-order valence-corrected chi connectivity index (χ4v) is 4.03. The summed E-state index contributed by atoms with van der Waals surface area (Å²) in [6.07, 6.45) is 8.20. The Morgan fingerprint density at radius 1 is 1.33 bits per heavy atom. The highest BCUT2D eigenvalue weighted by atomic mass is 32.2. The molecule has 18 heavy (non-hydrogen) atoms. The molecule has 1 aliphatic heterocycles. The zero-order valence-corrected chi connectivity index (χ0v) is 13.0. The highest BCUT2D eigenvalue weighted by Gasteiger charge is 2.30. The summed E-state index contributed by atoms with van der Waals surface area (Å²) in [5, 5.41) is 4.76. The van der Waals surface area contributed by atoms with Crippen LogP contribution in [-0.4, -0.2) is 23.0 Å². The maximum atomic E-state index is 4.75. The highest BCUT2D eigenvalue weighted by Crippen LogP contribution is 2.30. The van der Waals surface area contributed by atoms with Crippen LogP contribution in [0.2, 0.25) is 0 Å². The molecule has 2 rings (SSSR count). The largest absolute Gasteiger partial charge is 0.359 e. The molecule has 1 unspecified atom stereocenters. The first-order chi connectivity index (χ1) is 8.61. The maximum absolute atomic E-state index is 4.75. The molecular formula is C15H28N2S. The van der Waals surface area contributed by atoms with E-state index in [1.165, 1.54) is 49.4 Å². The number of hydrogen-bond acceptors (Lipinski definition) is 2. The van der Waals surface area contributed by atoms with Crippen LogP contribution in [0.15, 0.2) is 4.99 Å². The van der Waals surface area contributed by atoms with E-state index < -0.39 is 0 Å². The third kappa shape index (κ3) is 3.91. The van der Waals surface area contributed by atoms with Crippen LogP contribution in [0.3, 0.4) is 0 Å². The summed E-state index contributed by atoms with van der Waals surface area (Å²) >= 11 is 1.90. The molecule has 2 nitrogen and oxygen atoms in total. The summed E-state index contributed by atoms with van der Waals surface area (Å²) in [6.45, 7) is 7.96. The number of hydrogen-bond donors (Lipinski definition) is 1. The van der Waals surface area contributed by atoms with Crippen molar-refractivity contribution >= 4 is 16.9 Å². The fraction of sp³-hybridized carbons (Fsp3) is 0.933. The highest BCUT2D eigenvalue weighted by molar-refractivity contribution is 8.14. The van der Waals surface area contributed by atoms with Crippen molar-refractivity contribution in [2.24, 2.45) is 16.8 Å². The lowest BCUT2D eigenvalue weighted by atomic mass is 9.81. The lowest BCUT2D eigenvalue weighted by molar-refractivity contribution is 0.280. The Morgan fingerprint density at radius 2 is 2.06 bits per heavy atom. The molecule has 2 aliphatic rings. The molecule has 104 valence electrons. The number of thioether (sulfide) groups is 1. The van der Waals surface area contributed by atoms with E-state index in [0.717, 1.165) is 18.4 Å². The van der Waals surface area contributed by atoms with Crippen molar-refractivity contribution < 1.29 is 0 Å². The van der Waals surface area contributed by atoms with E-state index in [1.54, 1.807) is 0 Å². The zero-order chi connectivity index (χ0) is 13.0. The Bertz CT molecular complexity index is 295. The summed E-state index contributed by atoms with van der Waals surface area (Å²) in [4.78, 5) is 4.75. The second-order valence-corrected chi connectivity index (χ2v) is 7.39. The molecule has 1 atom stereocenters. The van der Waals surface area contributed by atoms with Crippen molar-refractivity contribution in [1.29, 1.82) is 0 Å². The van der Waals surface area contributed by atoms with Crippen molar-refractivity contribution in [3.63, 3.8) is 0 Å². The summed E-state index contributed by atoms with van der Waals surface area (Å²) in [5.41, 5.74) is 0.282. The zero-order valence-electron chi connectivity index (χ0n) is 12.2. The van der Waals surface area contributed by atoms with Crippen LogP contribution in [0.25, 0.3) is 0 Å². The van der Waals surface area contributed by atoms with Gasteiger partial charge in [-0.1, -0.05) is 51.3 Å². The van der Waals surface area contributed by atoms with Crippen LogP contribution in [-0.2, 0) is 0 Å². The molecule has 0 spiro atoms. The van der Waals surface area contributed by atoms with Gasteiger partial charge in [-0.15, -0.1) is 0 Å². The molecule has 2 fully saturated rings. The Hall–Kier alpha value is -0.180. The van der Waals surface area contributed by atoms with Gasteiger partial charge in [-0.2, -0.15) is 0 Å². The van der Waals surface area contributed by atoms with E-state index in [9.17, 15) is 0 Å². The van der Waals surface area contributed by atoms with Gasteiger partial charge >= 0.3 is 0 Å². The van der Waals surface area contributed by atoms with Gasteiger partial charge in [-0.25, -0.2) is 0 Å². The number of nitrogens with zero attached hydrogens (tertiary/aromatic N) is 1. The molecular weight excluding hydrogens is 240 g/mol. The monoisotopic (exact) mass is 268 g/mol. The van der Waals surface area contributed by atoms with Crippen LogP contribution in [0.1, 0.15) is 59.3 Å². The SMILES string of the molecule is CCC1(C)CSC(=NCCC2CCC(C)CC2)N1. The summed E-state index contributed by atoms with van der Waals surface area (Å²) < 4.78 is 0. The lowest BCUT2D eigenvalue weighted by Gasteiger charge is -2.25. The van der Waals surface area contributed by atoms with Crippen molar-refractivity contribution in [3.05, 3.63) is 0 Å².